The van der Waals surface area contributed by atoms with Crippen molar-refractivity contribution in [3.63, 3.8) is 0 Å². The number of carbonyl (C=O) groups is 3. The van der Waals surface area contributed by atoms with Crippen molar-refractivity contribution in [2.75, 3.05) is 13.2 Å². The van der Waals surface area contributed by atoms with Crippen molar-refractivity contribution < 1.29 is 38.2 Å². The Labute approximate surface area is 250 Å². The minimum Gasteiger partial charge on any atom is -0.487 e. The number of hydrogen-bond acceptors (Lipinski definition) is 9. The zero-order valence-electron chi connectivity index (χ0n) is 25.0. The van der Waals surface area contributed by atoms with Crippen LogP contribution in [0, 0.1) is 19.8 Å². The van der Waals surface area contributed by atoms with Gasteiger partial charge < -0.3 is 23.8 Å². The van der Waals surface area contributed by atoms with Crippen LogP contribution in [0.1, 0.15) is 70.2 Å². The fourth-order valence-electron chi connectivity index (χ4n) is 5.32. The molecule has 3 aromatic rings. The van der Waals surface area contributed by atoms with Crippen LogP contribution in [0.2, 0.25) is 0 Å². The Morgan fingerprint density at radius 2 is 1.47 bits per heavy atom. The quantitative estimate of drug-likeness (QED) is 0.242. The van der Waals surface area contributed by atoms with E-state index in [1.54, 1.807) is 48.5 Å². The van der Waals surface area contributed by atoms with Gasteiger partial charge in [0.2, 0.25) is 0 Å². The number of oxime groups is 1. The lowest BCUT2D eigenvalue weighted by atomic mass is 9.82. The monoisotopic (exact) mass is 585 g/mol. The molecule has 0 amide bonds. The first-order valence-electron chi connectivity index (χ1n) is 14.3. The van der Waals surface area contributed by atoms with Gasteiger partial charge in [-0.15, -0.1) is 0 Å². The molecule has 0 aliphatic carbocycles. The van der Waals surface area contributed by atoms with Crippen LogP contribution >= 0.6 is 0 Å². The van der Waals surface area contributed by atoms with Gasteiger partial charge in [-0.2, -0.15) is 0 Å². The van der Waals surface area contributed by atoms with Crippen molar-refractivity contribution in [1.29, 1.82) is 0 Å². The van der Waals surface area contributed by atoms with Gasteiger partial charge in [0.25, 0.3) is 0 Å². The molecule has 0 saturated carbocycles. The van der Waals surface area contributed by atoms with Gasteiger partial charge in [0.05, 0.1) is 17.0 Å². The van der Waals surface area contributed by atoms with Crippen molar-refractivity contribution in [1.82, 2.24) is 0 Å². The summed E-state index contributed by atoms with van der Waals surface area (Å²) >= 11 is 0. The number of nitrogens with zero attached hydrogens (tertiary/aromatic N) is 1. The summed E-state index contributed by atoms with van der Waals surface area (Å²) in [6, 6.07) is 17.3. The summed E-state index contributed by atoms with van der Waals surface area (Å²) in [5, 5.41) is 4.44. The Morgan fingerprint density at radius 3 is 2.05 bits per heavy atom. The number of fused-ring (bicyclic) bond motifs is 1. The van der Waals surface area contributed by atoms with E-state index in [9.17, 15) is 14.4 Å². The lowest BCUT2D eigenvalue weighted by molar-refractivity contribution is -0.131. The third-order valence-corrected chi connectivity index (χ3v) is 7.78. The summed E-state index contributed by atoms with van der Waals surface area (Å²) in [7, 11) is 0. The van der Waals surface area contributed by atoms with Crippen LogP contribution in [0.25, 0.3) is 0 Å². The van der Waals surface area contributed by atoms with Crippen LogP contribution in [-0.4, -0.2) is 48.5 Å². The van der Waals surface area contributed by atoms with E-state index < -0.39 is 35.5 Å². The highest BCUT2D eigenvalue weighted by Gasteiger charge is 2.42. The van der Waals surface area contributed by atoms with Gasteiger partial charge in [0, 0.05) is 18.1 Å². The predicted octanol–water partition coefficient (Wildman–Crippen LogP) is 5.77. The molecule has 0 spiro atoms. The highest BCUT2D eigenvalue weighted by Crippen LogP contribution is 2.46. The molecule has 0 radical (unpaired) electrons. The van der Waals surface area contributed by atoms with Crippen LogP contribution < -0.4 is 9.47 Å². The summed E-state index contributed by atoms with van der Waals surface area (Å²) in [6.45, 7) is 8.94. The van der Waals surface area contributed by atoms with Crippen LogP contribution in [0.3, 0.4) is 0 Å². The van der Waals surface area contributed by atoms with Crippen LogP contribution in [0.15, 0.2) is 65.8 Å². The van der Waals surface area contributed by atoms with Gasteiger partial charge in [-0.1, -0.05) is 41.6 Å². The van der Waals surface area contributed by atoms with Gasteiger partial charge in [0.15, 0.2) is 6.10 Å². The lowest BCUT2D eigenvalue weighted by Gasteiger charge is -2.36. The number of rotatable bonds is 8. The molecule has 0 N–H and O–H groups in total. The average molecular weight is 586 g/mol. The Kier molecular flexibility index (Phi) is 8.52. The number of hydrogen-bond donors (Lipinski definition) is 0. The molecule has 0 aromatic heterocycles. The molecule has 2 heterocycles. The maximum Gasteiger partial charge on any atom is 0.338 e. The molecule has 224 valence electrons. The second-order valence-electron chi connectivity index (χ2n) is 11.4. The molecule has 0 bridgehead atoms. The molecule has 2 aliphatic heterocycles. The van der Waals surface area contributed by atoms with Crippen LogP contribution in [0.4, 0.5) is 0 Å². The second kappa shape index (κ2) is 12.3. The van der Waals surface area contributed by atoms with Gasteiger partial charge in [-0.25, -0.2) is 9.59 Å². The van der Waals surface area contributed by atoms with Crippen molar-refractivity contribution in [3.8, 4) is 11.5 Å². The molecular weight excluding hydrogens is 550 g/mol. The third kappa shape index (κ3) is 6.40. The Balaban J connectivity index is 1.52. The third-order valence-electron chi connectivity index (χ3n) is 7.78. The SMILES string of the molecule is CC(=O)Oc1c(C)c(C)c2c(c1C1=NO[C@@H](COC(=O)c3ccccc3)[C@H]1COC(=O)c1ccccc1)CCC(C)(C)O2. The predicted molar refractivity (Wildman–Crippen MR) is 159 cm³/mol. The molecule has 2 atom stereocenters. The van der Waals surface area contributed by atoms with Crippen LogP contribution in [0.5, 0.6) is 11.5 Å². The molecule has 5 rings (SSSR count). The largest absolute Gasteiger partial charge is 0.487 e. The molecule has 0 saturated heterocycles. The number of benzene rings is 3. The number of carbonyl (C=O) groups excluding carboxylic acids is 3. The summed E-state index contributed by atoms with van der Waals surface area (Å²) in [5.41, 5.74) is 3.83. The number of ether oxygens (including phenoxy) is 4. The molecule has 2 aliphatic rings. The smallest absolute Gasteiger partial charge is 0.338 e. The normalized spacial score (nSPS) is 18.4. The number of esters is 3. The van der Waals surface area contributed by atoms with Gasteiger partial charge in [-0.05, 0) is 75.9 Å². The maximum absolute atomic E-state index is 12.9. The summed E-state index contributed by atoms with van der Waals surface area (Å²) in [4.78, 5) is 43.8. The van der Waals surface area contributed by atoms with Crippen molar-refractivity contribution in [2.24, 2.45) is 11.1 Å². The highest BCUT2D eigenvalue weighted by atomic mass is 16.7. The maximum atomic E-state index is 12.9. The molecule has 9 heteroatoms. The van der Waals surface area contributed by atoms with E-state index in [2.05, 4.69) is 5.16 Å². The van der Waals surface area contributed by atoms with E-state index in [0.717, 1.165) is 23.1 Å². The summed E-state index contributed by atoms with van der Waals surface area (Å²) in [6.07, 6.45) is 0.583. The first kappa shape index (κ1) is 29.8. The van der Waals surface area contributed by atoms with Crippen LogP contribution in [-0.2, 0) is 25.5 Å². The molecule has 43 heavy (non-hydrogen) atoms. The fourth-order valence-corrected chi connectivity index (χ4v) is 5.32. The molecule has 9 nitrogen and oxygen atoms in total. The summed E-state index contributed by atoms with van der Waals surface area (Å²) in [5.74, 6) is -1.10. The molecular formula is C34H35NO8. The van der Waals surface area contributed by atoms with E-state index in [-0.39, 0.29) is 13.2 Å². The zero-order valence-corrected chi connectivity index (χ0v) is 25.0. The minimum atomic E-state index is -0.769. The van der Waals surface area contributed by atoms with E-state index in [1.807, 2.05) is 39.8 Å². The lowest BCUT2D eigenvalue weighted by Crippen LogP contribution is -2.37. The second-order valence-corrected chi connectivity index (χ2v) is 11.4. The Hall–Kier alpha value is -4.66. The molecule has 0 unspecified atom stereocenters. The highest BCUT2D eigenvalue weighted by molar-refractivity contribution is 6.08. The molecule has 3 aromatic carbocycles. The molecule has 0 fully saturated rings. The average Bonchev–Trinajstić information content (AvgIpc) is 3.40. The van der Waals surface area contributed by atoms with E-state index in [0.29, 0.717) is 40.3 Å². The van der Waals surface area contributed by atoms with Crippen molar-refractivity contribution in [3.05, 3.63) is 94.0 Å². The minimum absolute atomic E-state index is 0.117. The van der Waals surface area contributed by atoms with Crippen molar-refractivity contribution in [2.45, 2.75) is 59.2 Å². The topological polar surface area (TPSA) is 110 Å². The van der Waals surface area contributed by atoms with Crippen molar-refractivity contribution >= 4 is 23.6 Å². The summed E-state index contributed by atoms with van der Waals surface area (Å²) < 4.78 is 23.6. The first-order valence-corrected chi connectivity index (χ1v) is 14.3. The van der Waals surface area contributed by atoms with Gasteiger partial charge >= 0.3 is 17.9 Å². The zero-order chi connectivity index (χ0) is 30.7. The standard InChI is InChI=1S/C34H35NO8/c1-20-21(2)31(41-22(3)36)28(25-16-17-34(4,5)42-30(20)25)29-26(18-39-32(37)23-12-8-6-9-13-23)27(43-35-29)19-40-33(38)24-14-10-7-11-15-24/h6-15,26-27H,16-19H2,1-5H3/t26-,27+/m1/s1. The van der Waals surface area contributed by atoms with E-state index in [4.69, 9.17) is 23.8 Å². The van der Waals surface area contributed by atoms with Gasteiger partial charge in [-0.3, -0.25) is 4.79 Å². The first-order chi connectivity index (χ1) is 20.6. The van der Waals surface area contributed by atoms with E-state index >= 15 is 0 Å². The van der Waals surface area contributed by atoms with E-state index in [1.165, 1.54) is 6.92 Å². The Bertz CT molecular complexity index is 1560. The Morgan fingerprint density at radius 1 is 0.884 bits per heavy atom. The van der Waals surface area contributed by atoms with Gasteiger partial charge in [0.1, 0.15) is 36.0 Å². The fraction of sp³-hybridized carbons (Fsp3) is 0.353.